The third-order valence-electron chi connectivity index (χ3n) is 2.64. The van der Waals surface area contributed by atoms with Gasteiger partial charge in [-0.1, -0.05) is 0 Å². The maximum atomic E-state index is 10.9. The summed E-state index contributed by atoms with van der Waals surface area (Å²) in [6.45, 7) is 4.26. The van der Waals surface area contributed by atoms with E-state index in [0.717, 1.165) is 15.8 Å². The number of sulfonamides is 1. The Morgan fingerprint density at radius 3 is 2.78 bits per heavy atom. The molecular formula is C10H14N4O2S2. The van der Waals surface area contributed by atoms with Crippen LogP contribution in [0.25, 0.3) is 10.2 Å². The van der Waals surface area contributed by atoms with Crippen LogP contribution in [-0.4, -0.2) is 30.7 Å². The Morgan fingerprint density at radius 2 is 2.11 bits per heavy atom. The molecule has 0 atom stereocenters. The molecule has 18 heavy (non-hydrogen) atoms. The van der Waals surface area contributed by atoms with Crippen LogP contribution >= 0.6 is 11.3 Å². The van der Waals surface area contributed by atoms with Crippen molar-refractivity contribution in [2.24, 2.45) is 5.14 Å². The van der Waals surface area contributed by atoms with Gasteiger partial charge in [-0.2, -0.15) is 0 Å². The van der Waals surface area contributed by atoms with E-state index < -0.39 is 10.0 Å². The van der Waals surface area contributed by atoms with Crippen LogP contribution in [0.5, 0.6) is 0 Å². The maximum Gasteiger partial charge on any atom is 0.210 e. The van der Waals surface area contributed by atoms with E-state index in [1.165, 1.54) is 11.2 Å². The lowest BCUT2D eigenvalue weighted by atomic mass is 10.2. The van der Waals surface area contributed by atoms with Crippen LogP contribution in [0.1, 0.15) is 10.4 Å². The lowest BCUT2D eigenvalue weighted by Gasteiger charge is -2.06. The Bertz CT molecular complexity index is 678. The van der Waals surface area contributed by atoms with E-state index >= 15 is 0 Å². The van der Waals surface area contributed by atoms with E-state index in [1.807, 2.05) is 13.8 Å². The van der Waals surface area contributed by atoms with Crippen LogP contribution in [-0.2, 0) is 10.0 Å². The summed E-state index contributed by atoms with van der Waals surface area (Å²) in [5.74, 6) is 0.534. The molecule has 0 amide bonds. The van der Waals surface area contributed by atoms with Gasteiger partial charge in [0, 0.05) is 11.4 Å². The predicted molar refractivity (Wildman–Crippen MR) is 73.4 cm³/mol. The average Bonchev–Trinajstić information content (AvgIpc) is 2.54. The summed E-state index contributed by atoms with van der Waals surface area (Å²) in [6, 6.07) is 0. The van der Waals surface area contributed by atoms with Crippen molar-refractivity contribution in [1.82, 2.24) is 9.97 Å². The molecule has 8 heteroatoms. The summed E-state index contributed by atoms with van der Waals surface area (Å²) in [5, 5.41) is 8.90. The number of hydrogen-bond donors (Lipinski definition) is 2. The monoisotopic (exact) mass is 286 g/mol. The molecule has 0 radical (unpaired) electrons. The Morgan fingerprint density at radius 1 is 1.39 bits per heavy atom. The second kappa shape index (κ2) is 4.79. The number of nitrogens with zero attached hydrogens (tertiary/aromatic N) is 2. The molecule has 0 bridgehead atoms. The van der Waals surface area contributed by atoms with Crippen molar-refractivity contribution in [3.63, 3.8) is 0 Å². The summed E-state index contributed by atoms with van der Waals surface area (Å²) in [4.78, 5) is 10.4. The van der Waals surface area contributed by atoms with Gasteiger partial charge in [0.15, 0.2) is 0 Å². The van der Waals surface area contributed by atoms with Crippen molar-refractivity contribution in [3.8, 4) is 0 Å². The van der Waals surface area contributed by atoms with Crippen LogP contribution in [0.4, 0.5) is 5.82 Å². The molecular weight excluding hydrogens is 272 g/mol. The fourth-order valence-corrected chi connectivity index (χ4v) is 3.01. The molecule has 0 spiro atoms. The summed E-state index contributed by atoms with van der Waals surface area (Å²) in [5.41, 5.74) is 1.12. The van der Waals surface area contributed by atoms with Gasteiger partial charge in [-0.05, 0) is 19.4 Å². The number of fused-ring (bicyclic) bond motifs is 1. The molecule has 2 aromatic heterocycles. The molecule has 0 aliphatic carbocycles. The van der Waals surface area contributed by atoms with Crippen molar-refractivity contribution >= 4 is 37.4 Å². The Balaban J connectivity index is 2.28. The number of thiophene rings is 1. The first kappa shape index (κ1) is 13.2. The topological polar surface area (TPSA) is 98.0 Å². The smallest absolute Gasteiger partial charge is 0.210 e. The van der Waals surface area contributed by atoms with E-state index in [4.69, 9.17) is 5.14 Å². The third kappa shape index (κ3) is 2.77. The molecule has 0 saturated carbocycles. The number of nitrogens with two attached hydrogens (primary N) is 1. The minimum atomic E-state index is -3.46. The van der Waals surface area contributed by atoms with Gasteiger partial charge in [-0.25, -0.2) is 23.5 Å². The van der Waals surface area contributed by atoms with E-state index in [2.05, 4.69) is 15.3 Å². The molecule has 3 N–H and O–H groups in total. The molecule has 2 aromatic rings. The van der Waals surface area contributed by atoms with Crippen LogP contribution in [0.3, 0.4) is 0 Å². The van der Waals surface area contributed by atoms with E-state index in [-0.39, 0.29) is 12.3 Å². The number of anilines is 1. The van der Waals surface area contributed by atoms with E-state index in [9.17, 15) is 8.42 Å². The minimum Gasteiger partial charge on any atom is -0.368 e. The van der Waals surface area contributed by atoms with E-state index in [1.54, 1.807) is 11.3 Å². The van der Waals surface area contributed by atoms with Gasteiger partial charge < -0.3 is 5.32 Å². The van der Waals surface area contributed by atoms with E-state index in [0.29, 0.717) is 5.82 Å². The highest BCUT2D eigenvalue weighted by Crippen LogP contribution is 2.32. The van der Waals surface area contributed by atoms with Gasteiger partial charge in [-0.3, -0.25) is 0 Å². The highest BCUT2D eigenvalue weighted by Gasteiger charge is 2.12. The average molecular weight is 286 g/mol. The zero-order valence-corrected chi connectivity index (χ0v) is 11.7. The molecule has 2 rings (SSSR count). The van der Waals surface area contributed by atoms with Crippen molar-refractivity contribution in [2.75, 3.05) is 17.6 Å². The first-order valence-corrected chi connectivity index (χ1v) is 7.87. The zero-order valence-electron chi connectivity index (χ0n) is 10.1. The number of nitrogens with one attached hydrogen (secondary N) is 1. The minimum absolute atomic E-state index is 0.124. The van der Waals surface area contributed by atoms with Crippen molar-refractivity contribution < 1.29 is 8.42 Å². The van der Waals surface area contributed by atoms with Crippen molar-refractivity contribution in [3.05, 3.63) is 16.8 Å². The largest absolute Gasteiger partial charge is 0.368 e. The summed E-state index contributed by atoms with van der Waals surface area (Å²) < 4.78 is 21.7. The second-order valence-corrected chi connectivity index (χ2v) is 6.92. The standard InChI is InChI=1S/C10H14N4O2S2/c1-6-7(2)17-10-8(6)9(13-5-14-10)12-3-4-18(11,15)16/h5H,3-4H2,1-2H3,(H2,11,15,16)(H,12,13,14). The van der Waals surface area contributed by atoms with Crippen molar-refractivity contribution in [1.29, 1.82) is 0 Å². The van der Waals surface area contributed by atoms with Gasteiger partial charge in [-0.15, -0.1) is 11.3 Å². The van der Waals surface area contributed by atoms with Gasteiger partial charge in [0.1, 0.15) is 17.0 Å². The van der Waals surface area contributed by atoms with Crippen LogP contribution in [0.2, 0.25) is 0 Å². The number of primary sulfonamides is 1. The van der Waals surface area contributed by atoms with Crippen molar-refractivity contribution in [2.45, 2.75) is 13.8 Å². The molecule has 0 saturated heterocycles. The Hall–Kier alpha value is -1.25. The van der Waals surface area contributed by atoms with Gasteiger partial charge in [0.2, 0.25) is 10.0 Å². The van der Waals surface area contributed by atoms with Gasteiger partial charge in [0.05, 0.1) is 11.1 Å². The fourth-order valence-electron chi connectivity index (χ4n) is 1.63. The molecule has 0 unspecified atom stereocenters. The summed E-state index contributed by atoms with van der Waals surface area (Å²) in [6.07, 6.45) is 1.47. The zero-order chi connectivity index (χ0) is 13.3. The molecule has 0 fully saturated rings. The molecule has 98 valence electrons. The highest BCUT2D eigenvalue weighted by atomic mass is 32.2. The normalized spacial score (nSPS) is 11.9. The SMILES string of the molecule is Cc1sc2ncnc(NCCS(N)(=O)=O)c2c1C. The molecule has 2 heterocycles. The molecule has 0 aliphatic rings. The fraction of sp³-hybridized carbons (Fsp3) is 0.400. The van der Waals surface area contributed by atoms with Gasteiger partial charge >= 0.3 is 0 Å². The number of rotatable bonds is 4. The second-order valence-electron chi connectivity index (χ2n) is 3.98. The maximum absolute atomic E-state index is 10.9. The molecule has 0 aliphatic heterocycles. The molecule has 0 aromatic carbocycles. The van der Waals surface area contributed by atoms with Gasteiger partial charge in [0.25, 0.3) is 0 Å². The predicted octanol–water partition coefficient (Wildman–Crippen LogP) is 1.01. The molecule has 6 nitrogen and oxygen atoms in total. The first-order valence-electron chi connectivity index (χ1n) is 5.33. The highest BCUT2D eigenvalue weighted by molar-refractivity contribution is 7.89. The van der Waals surface area contributed by atoms with Crippen LogP contribution < -0.4 is 10.5 Å². The summed E-state index contributed by atoms with van der Waals surface area (Å²) in [7, 11) is -3.46. The summed E-state index contributed by atoms with van der Waals surface area (Å²) >= 11 is 1.60. The number of aromatic nitrogens is 2. The van der Waals surface area contributed by atoms with Crippen LogP contribution in [0.15, 0.2) is 6.33 Å². The Labute approximate surface area is 109 Å². The lowest BCUT2D eigenvalue weighted by molar-refractivity contribution is 0.598. The number of aryl methyl sites for hydroxylation is 2. The van der Waals surface area contributed by atoms with Crippen LogP contribution in [0, 0.1) is 13.8 Å². The quantitative estimate of drug-likeness (QED) is 0.874. The number of hydrogen-bond acceptors (Lipinski definition) is 6. The third-order valence-corrected chi connectivity index (χ3v) is 4.53. The lowest BCUT2D eigenvalue weighted by Crippen LogP contribution is -2.22. The first-order chi connectivity index (χ1) is 8.38. The Kier molecular flexibility index (Phi) is 3.51.